The smallest absolute Gasteiger partial charge is 0.337 e. The second kappa shape index (κ2) is 5.87. The average molecular weight is 194 g/mol. The zero-order chi connectivity index (χ0) is 10.4. The zero-order valence-electron chi connectivity index (χ0n) is 7.25. The van der Waals surface area contributed by atoms with E-state index >= 15 is 0 Å². The molecule has 0 fully saturated rings. The quantitative estimate of drug-likeness (QED) is 0.364. The number of rotatable bonds is 5. The summed E-state index contributed by atoms with van der Waals surface area (Å²) in [5.74, 6) is -1.02. The Bertz CT molecular complexity index is 159. The van der Waals surface area contributed by atoms with Crippen LogP contribution in [0, 0.1) is 0 Å². The van der Waals surface area contributed by atoms with E-state index in [1.54, 1.807) is 0 Å². The van der Waals surface area contributed by atoms with Crippen LogP contribution >= 0.6 is 0 Å². The molecule has 0 aliphatic carbocycles. The van der Waals surface area contributed by atoms with Gasteiger partial charge in [-0.15, -0.1) is 0 Å². The lowest BCUT2D eigenvalue weighted by Gasteiger charge is -2.20. The first-order valence-electron chi connectivity index (χ1n) is 3.77. The number of hydrogen-bond acceptors (Lipinski definition) is 6. The summed E-state index contributed by atoms with van der Waals surface area (Å²) >= 11 is 0. The molecule has 6 nitrogen and oxygen atoms in total. The Morgan fingerprint density at radius 2 is 1.92 bits per heavy atom. The highest BCUT2D eigenvalue weighted by atomic mass is 16.5. The third-order valence-electron chi connectivity index (χ3n) is 1.59. The average Bonchev–Trinajstić information content (AvgIpc) is 2.14. The van der Waals surface area contributed by atoms with Crippen LogP contribution in [0.4, 0.5) is 0 Å². The first kappa shape index (κ1) is 12.3. The van der Waals surface area contributed by atoms with Crippen molar-refractivity contribution in [3.63, 3.8) is 0 Å². The Morgan fingerprint density at radius 1 is 1.38 bits per heavy atom. The monoisotopic (exact) mass is 194 g/mol. The van der Waals surface area contributed by atoms with Gasteiger partial charge in [0.1, 0.15) is 6.10 Å². The molecule has 0 aliphatic rings. The summed E-state index contributed by atoms with van der Waals surface area (Å²) in [6, 6.07) is 0. The minimum atomic E-state index is -1.79. The fraction of sp³-hybridized carbons (Fsp3) is 0.857. The third-order valence-corrected chi connectivity index (χ3v) is 1.59. The van der Waals surface area contributed by atoms with Crippen molar-refractivity contribution < 1.29 is 30.0 Å². The maximum Gasteiger partial charge on any atom is 0.337 e. The molecule has 13 heavy (non-hydrogen) atoms. The molecular formula is C7H14O6. The minimum Gasteiger partial charge on any atom is -0.467 e. The molecule has 0 radical (unpaired) electrons. The predicted molar refractivity (Wildman–Crippen MR) is 41.7 cm³/mol. The van der Waals surface area contributed by atoms with Gasteiger partial charge in [0.05, 0.1) is 13.2 Å². The Labute approximate surface area is 75.4 Å². The van der Waals surface area contributed by atoms with E-state index in [1.165, 1.54) is 0 Å². The van der Waals surface area contributed by atoms with Gasteiger partial charge in [-0.25, -0.2) is 4.79 Å². The maximum atomic E-state index is 10.7. The molecule has 6 heteroatoms. The van der Waals surface area contributed by atoms with E-state index in [-0.39, 0.29) is 13.0 Å². The van der Waals surface area contributed by atoms with Crippen LogP contribution < -0.4 is 0 Å². The van der Waals surface area contributed by atoms with E-state index in [9.17, 15) is 4.79 Å². The Hall–Kier alpha value is -0.690. The van der Waals surface area contributed by atoms with Gasteiger partial charge in [0.25, 0.3) is 0 Å². The van der Waals surface area contributed by atoms with Crippen LogP contribution in [0.25, 0.3) is 0 Å². The van der Waals surface area contributed by atoms with Gasteiger partial charge in [-0.1, -0.05) is 0 Å². The van der Waals surface area contributed by atoms with Crippen molar-refractivity contribution in [1.29, 1.82) is 0 Å². The van der Waals surface area contributed by atoms with Crippen molar-refractivity contribution in [2.45, 2.75) is 24.7 Å². The molecular weight excluding hydrogens is 180 g/mol. The molecule has 0 amide bonds. The Balaban J connectivity index is 4.07. The number of aliphatic hydroxyl groups is 4. The maximum absolute atomic E-state index is 10.7. The first-order valence-corrected chi connectivity index (χ1v) is 3.77. The second-order valence-corrected chi connectivity index (χ2v) is 2.54. The summed E-state index contributed by atoms with van der Waals surface area (Å²) in [5, 5.41) is 35.6. The largest absolute Gasteiger partial charge is 0.467 e. The lowest BCUT2D eigenvalue weighted by atomic mass is 10.1. The number of methoxy groups -OCH3 is 1. The number of esters is 1. The number of carbonyl (C=O) groups excluding carboxylic acids is 1. The highest BCUT2D eigenvalue weighted by Gasteiger charge is 2.30. The van der Waals surface area contributed by atoms with Gasteiger partial charge in [0, 0.05) is 6.61 Å². The minimum absolute atomic E-state index is 0.116. The number of aliphatic hydroxyl groups excluding tert-OH is 4. The van der Waals surface area contributed by atoms with Gasteiger partial charge in [0.15, 0.2) is 6.10 Å². The van der Waals surface area contributed by atoms with Crippen molar-refractivity contribution >= 4 is 5.97 Å². The van der Waals surface area contributed by atoms with Crippen LogP contribution in [-0.4, -0.2) is 58.4 Å². The van der Waals surface area contributed by atoms with E-state index in [0.717, 1.165) is 7.11 Å². The summed E-state index contributed by atoms with van der Waals surface area (Å²) in [5.41, 5.74) is 0. The van der Waals surface area contributed by atoms with Crippen LogP contribution in [0.1, 0.15) is 6.42 Å². The van der Waals surface area contributed by atoms with Gasteiger partial charge >= 0.3 is 5.97 Å². The number of carbonyl (C=O) groups is 1. The van der Waals surface area contributed by atoms with Crippen molar-refractivity contribution in [2.24, 2.45) is 0 Å². The predicted octanol–water partition coefficient (Wildman–Crippen LogP) is -2.38. The molecule has 78 valence electrons. The summed E-state index contributed by atoms with van der Waals surface area (Å²) in [7, 11) is 1.05. The molecule has 0 unspecified atom stereocenters. The van der Waals surface area contributed by atoms with E-state index in [1.807, 2.05) is 0 Å². The fourth-order valence-corrected chi connectivity index (χ4v) is 0.774. The molecule has 0 aromatic carbocycles. The second-order valence-electron chi connectivity index (χ2n) is 2.54. The van der Waals surface area contributed by atoms with Crippen molar-refractivity contribution in [2.75, 3.05) is 13.7 Å². The molecule has 0 rings (SSSR count). The summed E-state index contributed by atoms with van der Waals surface area (Å²) in [6.07, 6.45) is -4.89. The molecule has 0 aromatic rings. The topological polar surface area (TPSA) is 107 Å². The van der Waals surface area contributed by atoms with Crippen molar-refractivity contribution in [3.05, 3.63) is 0 Å². The highest BCUT2D eigenvalue weighted by Crippen LogP contribution is 2.04. The van der Waals surface area contributed by atoms with E-state index in [0.29, 0.717) is 0 Å². The van der Waals surface area contributed by atoms with Gasteiger partial charge in [-0.3, -0.25) is 0 Å². The Morgan fingerprint density at radius 3 is 2.31 bits per heavy atom. The number of hydrogen-bond donors (Lipinski definition) is 4. The lowest BCUT2D eigenvalue weighted by molar-refractivity contribution is -0.162. The van der Waals surface area contributed by atoms with Crippen LogP contribution in [0.15, 0.2) is 0 Å². The first-order chi connectivity index (χ1) is 6.04. The van der Waals surface area contributed by atoms with Crippen molar-refractivity contribution in [3.8, 4) is 0 Å². The van der Waals surface area contributed by atoms with Gasteiger partial charge < -0.3 is 25.2 Å². The van der Waals surface area contributed by atoms with Gasteiger partial charge in [-0.05, 0) is 6.42 Å². The highest BCUT2D eigenvalue weighted by molar-refractivity contribution is 5.74. The molecule has 0 bridgehead atoms. The van der Waals surface area contributed by atoms with E-state index < -0.39 is 24.3 Å². The zero-order valence-corrected chi connectivity index (χ0v) is 7.25. The summed E-state index contributed by atoms with van der Waals surface area (Å²) < 4.78 is 4.14. The molecule has 0 saturated carbocycles. The van der Waals surface area contributed by atoms with Crippen LogP contribution in [-0.2, 0) is 9.53 Å². The number of ether oxygens (including phenoxy) is 1. The Kier molecular flexibility index (Phi) is 5.56. The van der Waals surface area contributed by atoms with Crippen LogP contribution in [0.3, 0.4) is 0 Å². The molecule has 0 aliphatic heterocycles. The summed E-state index contributed by atoms with van der Waals surface area (Å²) in [4.78, 5) is 10.7. The molecule has 0 saturated heterocycles. The van der Waals surface area contributed by atoms with E-state index in [2.05, 4.69) is 4.74 Å². The van der Waals surface area contributed by atoms with Gasteiger partial charge in [-0.2, -0.15) is 0 Å². The SMILES string of the molecule is COC(=O)[C@H](O)[C@@H](O)[C@H](O)CCO. The molecule has 0 aromatic heterocycles. The fourth-order valence-electron chi connectivity index (χ4n) is 0.774. The normalized spacial score (nSPS) is 17.6. The third kappa shape index (κ3) is 3.69. The van der Waals surface area contributed by atoms with Crippen LogP contribution in [0.5, 0.6) is 0 Å². The van der Waals surface area contributed by atoms with Crippen LogP contribution in [0.2, 0.25) is 0 Å². The van der Waals surface area contributed by atoms with Gasteiger partial charge in [0.2, 0.25) is 0 Å². The standard InChI is InChI=1S/C7H14O6/c1-13-7(12)6(11)5(10)4(9)2-3-8/h4-6,8-11H,2-3H2,1H3/t4-,5+,6-/m1/s1. The molecule has 0 spiro atoms. The molecule has 4 N–H and O–H groups in total. The van der Waals surface area contributed by atoms with Crippen molar-refractivity contribution in [1.82, 2.24) is 0 Å². The summed E-state index contributed by atoms with van der Waals surface area (Å²) in [6.45, 7) is -0.341. The molecule has 3 atom stereocenters. The lowest BCUT2D eigenvalue weighted by Crippen LogP contribution is -2.43. The van der Waals surface area contributed by atoms with E-state index in [4.69, 9.17) is 20.4 Å². The molecule has 0 heterocycles.